The van der Waals surface area contributed by atoms with E-state index in [-0.39, 0.29) is 22.4 Å². The molecule has 0 aliphatic rings. The summed E-state index contributed by atoms with van der Waals surface area (Å²) in [4.78, 5) is 9.28. The van der Waals surface area contributed by atoms with Crippen LogP contribution in [0, 0.1) is 0 Å². The van der Waals surface area contributed by atoms with Gasteiger partial charge in [-0.05, 0) is 0 Å². The zero-order valence-corrected chi connectivity index (χ0v) is 5.11. The summed E-state index contributed by atoms with van der Waals surface area (Å²) in [5.74, 6) is 0. The van der Waals surface area contributed by atoms with E-state index in [1.54, 1.807) is 6.29 Å². The zero-order valence-electron chi connectivity index (χ0n) is 3.62. The molecule has 0 radical (unpaired) electrons. The Morgan fingerprint density at radius 1 is 1.67 bits per heavy atom. The predicted molar refractivity (Wildman–Crippen MR) is 20.6 cm³/mol. The molecule has 0 saturated heterocycles. The first-order valence-electron chi connectivity index (χ1n) is 1.76. The molecule has 0 spiro atoms. The van der Waals surface area contributed by atoms with Gasteiger partial charge in [-0.1, -0.05) is 13.3 Å². The average molecular weight is 179 g/mol. The molecule has 0 amide bonds. The maximum absolute atomic E-state index is 9.28. The van der Waals surface area contributed by atoms with Gasteiger partial charge in [-0.25, -0.2) is 0 Å². The Kier molecular flexibility index (Phi) is 14.5. The number of carbonyl (C=O) groups excluding carboxylic acids is 1. The number of hydrogen-bond acceptors (Lipinski definition) is 1. The molecule has 0 bridgehead atoms. The van der Waals surface area contributed by atoms with E-state index < -0.39 is 0 Å². The van der Waals surface area contributed by atoms with E-state index >= 15 is 0 Å². The third-order valence-electron chi connectivity index (χ3n) is 0.352. The SMILES string of the molecule is CCC[C-]=O.[Ag+]. The zero-order chi connectivity index (χ0) is 4.12. The minimum absolute atomic E-state index is 0. The topological polar surface area (TPSA) is 17.1 Å². The van der Waals surface area contributed by atoms with Crippen molar-refractivity contribution >= 4 is 6.29 Å². The molecule has 0 aromatic heterocycles. The summed E-state index contributed by atoms with van der Waals surface area (Å²) < 4.78 is 0. The Morgan fingerprint density at radius 2 is 2.17 bits per heavy atom. The van der Waals surface area contributed by atoms with Gasteiger partial charge in [0.15, 0.2) is 0 Å². The molecule has 0 rings (SSSR count). The molecule has 0 aliphatic heterocycles. The van der Waals surface area contributed by atoms with Crippen LogP contribution in [0.3, 0.4) is 0 Å². The van der Waals surface area contributed by atoms with Crippen molar-refractivity contribution in [2.45, 2.75) is 19.8 Å². The molecule has 1 nitrogen and oxygen atoms in total. The first-order chi connectivity index (χ1) is 2.41. The minimum Gasteiger partial charge on any atom is -0.542 e. The fourth-order valence-electron chi connectivity index (χ4n) is 0.102. The van der Waals surface area contributed by atoms with Gasteiger partial charge in [-0.15, -0.1) is 0 Å². The van der Waals surface area contributed by atoms with Gasteiger partial charge < -0.3 is 4.79 Å². The Bertz CT molecular complexity index is 28.7. The molecule has 0 N–H and O–H groups in total. The van der Waals surface area contributed by atoms with Crippen molar-refractivity contribution in [1.29, 1.82) is 0 Å². The number of hydrogen-bond donors (Lipinski definition) is 0. The standard InChI is InChI=1S/C4H7O.Ag/c1-2-3-4-5;/h2-3H2,1H3;/q-1;+1. The first-order valence-corrected chi connectivity index (χ1v) is 1.76. The summed E-state index contributed by atoms with van der Waals surface area (Å²) >= 11 is 0. The average Bonchev–Trinajstić information content (AvgIpc) is 1.41. The van der Waals surface area contributed by atoms with Gasteiger partial charge in [0.25, 0.3) is 0 Å². The van der Waals surface area contributed by atoms with Crippen LogP contribution in [0.4, 0.5) is 0 Å². The van der Waals surface area contributed by atoms with Crippen LogP contribution in [0.15, 0.2) is 0 Å². The second kappa shape index (κ2) is 9.05. The molecule has 0 aliphatic carbocycles. The van der Waals surface area contributed by atoms with Crippen LogP contribution in [0.2, 0.25) is 0 Å². The molecule has 6 heavy (non-hydrogen) atoms. The third kappa shape index (κ3) is 8.83. The van der Waals surface area contributed by atoms with Crippen molar-refractivity contribution in [3.63, 3.8) is 0 Å². The second-order valence-corrected chi connectivity index (χ2v) is 0.894. The van der Waals surface area contributed by atoms with Crippen molar-refractivity contribution in [2.24, 2.45) is 0 Å². The van der Waals surface area contributed by atoms with Crippen LogP contribution in [0.5, 0.6) is 0 Å². The van der Waals surface area contributed by atoms with Gasteiger partial charge >= 0.3 is 22.4 Å². The molecular formula is C4H7AgO. The maximum Gasteiger partial charge on any atom is 1.00 e. The van der Waals surface area contributed by atoms with E-state index in [1.165, 1.54) is 0 Å². The molecule has 0 saturated carbocycles. The summed E-state index contributed by atoms with van der Waals surface area (Å²) in [5, 5.41) is 0. The van der Waals surface area contributed by atoms with Crippen LogP contribution < -0.4 is 0 Å². The van der Waals surface area contributed by atoms with E-state index in [4.69, 9.17) is 0 Å². The molecule has 0 aromatic rings. The predicted octanol–water partition coefficient (Wildman–Crippen LogP) is 0.894. The second-order valence-electron chi connectivity index (χ2n) is 0.894. The Labute approximate surface area is 53.6 Å². The normalized spacial score (nSPS) is 6.17. The Balaban J connectivity index is 0. The summed E-state index contributed by atoms with van der Waals surface area (Å²) in [6.45, 7) is 1.95. The van der Waals surface area contributed by atoms with Gasteiger partial charge in [-0.3, -0.25) is 6.29 Å². The van der Waals surface area contributed by atoms with Gasteiger partial charge in [0.2, 0.25) is 0 Å². The molecule has 0 heterocycles. The molecule has 0 atom stereocenters. The fraction of sp³-hybridized carbons (Fsp3) is 0.750. The van der Waals surface area contributed by atoms with E-state index in [9.17, 15) is 4.79 Å². The molecule has 2 heteroatoms. The van der Waals surface area contributed by atoms with Crippen LogP contribution in [0.1, 0.15) is 19.8 Å². The molecule has 0 aromatic carbocycles. The van der Waals surface area contributed by atoms with E-state index in [1.807, 2.05) is 6.92 Å². The van der Waals surface area contributed by atoms with Crippen molar-refractivity contribution < 1.29 is 27.2 Å². The molecule has 40 valence electrons. The largest absolute Gasteiger partial charge is 1.00 e. The van der Waals surface area contributed by atoms with Crippen LogP contribution in [0.25, 0.3) is 0 Å². The van der Waals surface area contributed by atoms with Crippen molar-refractivity contribution in [3.05, 3.63) is 0 Å². The minimum atomic E-state index is 0. The van der Waals surface area contributed by atoms with Gasteiger partial charge in [-0.2, -0.15) is 6.42 Å². The maximum atomic E-state index is 9.28. The summed E-state index contributed by atoms with van der Waals surface area (Å²) in [6, 6.07) is 0. The monoisotopic (exact) mass is 178 g/mol. The van der Waals surface area contributed by atoms with Crippen LogP contribution in [-0.4, -0.2) is 6.29 Å². The molecule has 0 unspecified atom stereocenters. The molecular weight excluding hydrogens is 172 g/mol. The van der Waals surface area contributed by atoms with Crippen molar-refractivity contribution in [1.82, 2.24) is 0 Å². The summed E-state index contributed by atoms with van der Waals surface area (Å²) in [6.07, 6.45) is 3.27. The quantitative estimate of drug-likeness (QED) is 0.454. The van der Waals surface area contributed by atoms with Gasteiger partial charge in [0, 0.05) is 0 Å². The smallest absolute Gasteiger partial charge is 0.542 e. The number of unbranched alkanes of at least 4 members (excludes halogenated alkanes) is 1. The van der Waals surface area contributed by atoms with Crippen LogP contribution in [-0.2, 0) is 27.2 Å². The number of rotatable bonds is 2. The van der Waals surface area contributed by atoms with E-state index in [0.29, 0.717) is 6.42 Å². The Hall–Kier alpha value is 0.410. The first kappa shape index (κ1) is 9.65. The van der Waals surface area contributed by atoms with E-state index in [0.717, 1.165) is 6.42 Å². The van der Waals surface area contributed by atoms with Crippen LogP contribution >= 0.6 is 0 Å². The fourth-order valence-corrected chi connectivity index (χ4v) is 0.102. The molecule has 0 fully saturated rings. The van der Waals surface area contributed by atoms with Crippen molar-refractivity contribution in [2.75, 3.05) is 0 Å². The summed E-state index contributed by atoms with van der Waals surface area (Å²) in [7, 11) is 0. The van der Waals surface area contributed by atoms with Gasteiger partial charge in [0.05, 0.1) is 0 Å². The summed E-state index contributed by atoms with van der Waals surface area (Å²) in [5.41, 5.74) is 0. The third-order valence-corrected chi connectivity index (χ3v) is 0.352. The van der Waals surface area contributed by atoms with Gasteiger partial charge in [0.1, 0.15) is 0 Å². The van der Waals surface area contributed by atoms with Crippen molar-refractivity contribution in [3.8, 4) is 0 Å². The van der Waals surface area contributed by atoms with E-state index in [2.05, 4.69) is 0 Å². The Morgan fingerprint density at radius 3 is 2.17 bits per heavy atom.